The van der Waals surface area contributed by atoms with Gasteiger partial charge in [-0.15, -0.1) is 0 Å². The van der Waals surface area contributed by atoms with E-state index in [2.05, 4.69) is 18.7 Å². The van der Waals surface area contributed by atoms with Crippen LogP contribution in [0.4, 0.5) is 5.69 Å². The molecule has 0 heterocycles. The molecule has 0 amide bonds. The number of rotatable bonds is 3. The Morgan fingerprint density at radius 1 is 1.47 bits per heavy atom. The number of thiocarbonyl (C=S) groups is 1. The maximum absolute atomic E-state index is 6.08. The second-order valence-corrected chi connectivity index (χ2v) is 4.58. The molecular weight excluding hydrogens is 228 g/mol. The van der Waals surface area contributed by atoms with Crippen LogP contribution < -0.4 is 10.6 Å². The van der Waals surface area contributed by atoms with Crippen LogP contribution in [0.2, 0.25) is 5.02 Å². The highest BCUT2D eigenvalue weighted by molar-refractivity contribution is 7.80. The predicted molar refractivity (Wildman–Crippen MR) is 70.9 cm³/mol. The third-order valence-electron chi connectivity index (χ3n) is 2.40. The zero-order valence-corrected chi connectivity index (χ0v) is 10.7. The van der Waals surface area contributed by atoms with Gasteiger partial charge in [0, 0.05) is 24.3 Å². The van der Waals surface area contributed by atoms with Crippen molar-refractivity contribution in [2.75, 3.05) is 11.9 Å². The molecule has 82 valence electrons. The summed E-state index contributed by atoms with van der Waals surface area (Å²) in [6, 6.07) is 6.15. The van der Waals surface area contributed by atoms with E-state index in [1.54, 1.807) is 0 Å². The molecule has 0 fully saturated rings. The van der Waals surface area contributed by atoms with Crippen LogP contribution in [0.5, 0.6) is 0 Å². The van der Waals surface area contributed by atoms with E-state index in [0.717, 1.165) is 11.3 Å². The number of nitrogens with zero attached hydrogens (tertiary/aromatic N) is 1. The minimum absolute atomic E-state index is 0.332. The maximum Gasteiger partial charge on any atom is 0.105 e. The molecule has 4 heteroatoms. The molecule has 2 N–H and O–H groups in total. The number of halogens is 1. The van der Waals surface area contributed by atoms with Gasteiger partial charge in [0.15, 0.2) is 0 Å². The van der Waals surface area contributed by atoms with Gasteiger partial charge in [-0.2, -0.15) is 0 Å². The van der Waals surface area contributed by atoms with Crippen molar-refractivity contribution >= 4 is 34.5 Å². The third kappa shape index (κ3) is 2.83. The molecule has 0 aliphatic heterocycles. The Labute approximate surface area is 101 Å². The van der Waals surface area contributed by atoms with E-state index in [1.807, 2.05) is 25.2 Å². The Kier molecular flexibility index (Phi) is 3.94. The molecule has 0 saturated carbocycles. The summed E-state index contributed by atoms with van der Waals surface area (Å²) in [5.41, 5.74) is 7.33. The minimum atomic E-state index is 0.332. The van der Waals surface area contributed by atoms with Crippen LogP contribution >= 0.6 is 23.8 Å². The second kappa shape index (κ2) is 4.81. The van der Waals surface area contributed by atoms with Crippen molar-refractivity contribution < 1.29 is 0 Å². The summed E-state index contributed by atoms with van der Waals surface area (Å²) in [5.74, 6) is 0. The summed E-state index contributed by atoms with van der Waals surface area (Å²) in [4.78, 5) is 2.47. The lowest BCUT2D eigenvalue weighted by Gasteiger charge is -2.24. The van der Waals surface area contributed by atoms with Crippen molar-refractivity contribution in [3.05, 3.63) is 28.8 Å². The fraction of sp³-hybridized carbons (Fsp3) is 0.364. The quantitative estimate of drug-likeness (QED) is 0.827. The normalized spacial score (nSPS) is 10.5. The Morgan fingerprint density at radius 3 is 2.47 bits per heavy atom. The molecule has 1 aromatic carbocycles. The SMILES string of the molecule is CC(C)N(C)c1ccc(C(N)=S)c(Cl)c1. The Morgan fingerprint density at radius 2 is 2.07 bits per heavy atom. The first-order valence-corrected chi connectivity index (χ1v) is 5.54. The molecule has 0 aliphatic carbocycles. The third-order valence-corrected chi connectivity index (χ3v) is 2.93. The van der Waals surface area contributed by atoms with Gasteiger partial charge in [-0.05, 0) is 32.0 Å². The average Bonchev–Trinajstić information content (AvgIpc) is 2.15. The van der Waals surface area contributed by atoms with E-state index in [4.69, 9.17) is 29.6 Å². The Balaban J connectivity index is 3.06. The van der Waals surface area contributed by atoms with Gasteiger partial charge in [0.1, 0.15) is 4.99 Å². The predicted octanol–water partition coefficient (Wildman–Crippen LogP) is 2.82. The van der Waals surface area contributed by atoms with E-state index >= 15 is 0 Å². The molecule has 0 unspecified atom stereocenters. The smallest absolute Gasteiger partial charge is 0.105 e. The molecule has 0 radical (unpaired) electrons. The molecule has 2 nitrogen and oxygen atoms in total. The van der Waals surface area contributed by atoms with Gasteiger partial charge in [0.25, 0.3) is 0 Å². The van der Waals surface area contributed by atoms with Gasteiger partial charge in [0.2, 0.25) is 0 Å². The second-order valence-electron chi connectivity index (χ2n) is 3.73. The highest BCUT2D eigenvalue weighted by Crippen LogP contribution is 2.24. The molecule has 0 atom stereocenters. The van der Waals surface area contributed by atoms with Crippen LogP contribution in [-0.2, 0) is 0 Å². The fourth-order valence-electron chi connectivity index (χ4n) is 1.22. The first-order valence-electron chi connectivity index (χ1n) is 4.75. The molecule has 15 heavy (non-hydrogen) atoms. The molecular formula is C11H15ClN2S. The lowest BCUT2D eigenvalue weighted by Crippen LogP contribution is -2.25. The molecule has 0 spiro atoms. The van der Waals surface area contributed by atoms with Crippen LogP contribution in [0.3, 0.4) is 0 Å². The molecule has 0 aromatic heterocycles. The van der Waals surface area contributed by atoms with Gasteiger partial charge in [-0.3, -0.25) is 0 Å². The minimum Gasteiger partial charge on any atom is -0.389 e. The first-order chi connectivity index (χ1) is 6.93. The van der Waals surface area contributed by atoms with Crippen molar-refractivity contribution in [3.63, 3.8) is 0 Å². The van der Waals surface area contributed by atoms with E-state index < -0.39 is 0 Å². The molecule has 0 saturated heterocycles. The van der Waals surface area contributed by atoms with Gasteiger partial charge in [-0.25, -0.2) is 0 Å². The molecule has 0 bridgehead atoms. The maximum atomic E-state index is 6.08. The largest absolute Gasteiger partial charge is 0.389 e. The van der Waals surface area contributed by atoms with Crippen molar-refractivity contribution in [1.82, 2.24) is 0 Å². The number of nitrogens with two attached hydrogens (primary N) is 1. The van der Waals surface area contributed by atoms with Crippen molar-refractivity contribution in [1.29, 1.82) is 0 Å². The van der Waals surface area contributed by atoms with E-state index in [-0.39, 0.29) is 0 Å². The molecule has 1 rings (SSSR count). The number of benzene rings is 1. The van der Waals surface area contributed by atoms with Crippen LogP contribution in [0.25, 0.3) is 0 Å². The topological polar surface area (TPSA) is 29.3 Å². The Hall–Kier alpha value is -0.800. The number of hydrogen-bond acceptors (Lipinski definition) is 2. The number of hydrogen-bond donors (Lipinski definition) is 1. The number of anilines is 1. The van der Waals surface area contributed by atoms with Gasteiger partial charge >= 0.3 is 0 Å². The van der Waals surface area contributed by atoms with Crippen LogP contribution in [0.1, 0.15) is 19.4 Å². The van der Waals surface area contributed by atoms with Crippen LogP contribution in [-0.4, -0.2) is 18.1 Å². The summed E-state index contributed by atoms with van der Waals surface area (Å²) < 4.78 is 0. The van der Waals surface area contributed by atoms with E-state index in [0.29, 0.717) is 16.1 Å². The summed E-state index contributed by atoms with van der Waals surface area (Å²) >= 11 is 11.0. The van der Waals surface area contributed by atoms with E-state index in [1.165, 1.54) is 0 Å². The monoisotopic (exact) mass is 242 g/mol. The summed E-state index contributed by atoms with van der Waals surface area (Å²) in [6.45, 7) is 4.24. The summed E-state index contributed by atoms with van der Waals surface area (Å²) in [5, 5.41) is 0.604. The highest BCUT2D eigenvalue weighted by Gasteiger charge is 2.08. The van der Waals surface area contributed by atoms with Gasteiger partial charge < -0.3 is 10.6 Å². The highest BCUT2D eigenvalue weighted by atomic mass is 35.5. The van der Waals surface area contributed by atoms with Crippen LogP contribution in [0.15, 0.2) is 18.2 Å². The van der Waals surface area contributed by atoms with Gasteiger partial charge in [-0.1, -0.05) is 23.8 Å². The lowest BCUT2D eigenvalue weighted by molar-refractivity contribution is 0.755. The molecule has 0 aliphatic rings. The van der Waals surface area contributed by atoms with Crippen molar-refractivity contribution in [2.24, 2.45) is 5.73 Å². The molecule has 1 aromatic rings. The first kappa shape index (κ1) is 12.3. The van der Waals surface area contributed by atoms with Crippen molar-refractivity contribution in [2.45, 2.75) is 19.9 Å². The van der Waals surface area contributed by atoms with Crippen LogP contribution in [0, 0.1) is 0 Å². The fourth-order valence-corrected chi connectivity index (χ4v) is 1.73. The van der Waals surface area contributed by atoms with Gasteiger partial charge in [0.05, 0.1) is 5.02 Å². The standard InChI is InChI=1S/C11H15ClN2S/c1-7(2)14(3)8-4-5-9(11(13)15)10(12)6-8/h4-7H,1-3H3,(H2,13,15). The van der Waals surface area contributed by atoms with E-state index in [9.17, 15) is 0 Å². The summed E-state index contributed by atoms with van der Waals surface area (Å²) in [7, 11) is 2.02. The zero-order chi connectivity index (χ0) is 11.6. The summed E-state index contributed by atoms with van der Waals surface area (Å²) in [6.07, 6.45) is 0. The zero-order valence-electron chi connectivity index (χ0n) is 9.12. The average molecular weight is 243 g/mol. The Bertz CT molecular complexity index is 377. The van der Waals surface area contributed by atoms with Crippen molar-refractivity contribution in [3.8, 4) is 0 Å². The lowest BCUT2D eigenvalue weighted by atomic mass is 10.2.